The SMILES string of the molecule is CCCCNCCCC(C)Nc1ccnc2cc(Cl)ccc12. The van der Waals surface area contributed by atoms with E-state index in [2.05, 4.69) is 29.5 Å². The Balaban J connectivity index is 1.85. The molecule has 1 atom stereocenters. The van der Waals surface area contributed by atoms with Gasteiger partial charge in [-0.1, -0.05) is 24.9 Å². The average Bonchev–Trinajstić information content (AvgIpc) is 2.50. The van der Waals surface area contributed by atoms with Crippen molar-refractivity contribution < 1.29 is 0 Å². The van der Waals surface area contributed by atoms with E-state index in [1.54, 1.807) is 0 Å². The van der Waals surface area contributed by atoms with Gasteiger partial charge in [-0.05, 0) is 63.5 Å². The molecule has 3 nitrogen and oxygen atoms in total. The predicted molar refractivity (Wildman–Crippen MR) is 96.8 cm³/mol. The number of unbranched alkanes of at least 4 members (excludes halogenated alkanes) is 1. The van der Waals surface area contributed by atoms with Gasteiger partial charge in [-0.3, -0.25) is 4.98 Å². The van der Waals surface area contributed by atoms with E-state index in [9.17, 15) is 0 Å². The summed E-state index contributed by atoms with van der Waals surface area (Å²) in [5, 5.41) is 8.93. The molecule has 0 bridgehead atoms. The molecule has 0 saturated carbocycles. The highest BCUT2D eigenvalue weighted by atomic mass is 35.5. The summed E-state index contributed by atoms with van der Waals surface area (Å²) in [6.07, 6.45) is 6.69. The number of halogens is 1. The lowest BCUT2D eigenvalue weighted by Crippen LogP contribution is -2.20. The van der Waals surface area contributed by atoms with E-state index in [0.29, 0.717) is 6.04 Å². The highest BCUT2D eigenvalue weighted by molar-refractivity contribution is 6.31. The van der Waals surface area contributed by atoms with Crippen molar-refractivity contribution in [1.29, 1.82) is 0 Å². The van der Waals surface area contributed by atoms with Gasteiger partial charge in [0.1, 0.15) is 0 Å². The number of nitrogens with one attached hydrogen (secondary N) is 2. The van der Waals surface area contributed by atoms with E-state index in [4.69, 9.17) is 11.6 Å². The fraction of sp³-hybridized carbons (Fsp3) is 0.500. The minimum absolute atomic E-state index is 0.439. The fourth-order valence-electron chi connectivity index (χ4n) is 2.54. The van der Waals surface area contributed by atoms with Gasteiger partial charge in [0.2, 0.25) is 0 Å². The Morgan fingerprint density at radius 3 is 2.82 bits per heavy atom. The highest BCUT2D eigenvalue weighted by Crippen LogP contribution is 2.25. The van der Waals surface area contributed by atoms with Crippen LogP contribution in [0.1, 0.15) is 39.5 Å². The lowest BCUT2D eigenvalue weighted by molar-refractivity contribution is 0.577. The van der Waals surface area contributed by atoms with Gasteiger partial charge >= 0.3 is 0 Å². The van der Waals surface area contributed by atoms with E-state index >= 15 is 0 Å². The van der Waals surface area contributed by atoms with Gasteiger partial charge in [-0.2, -0.15) is 0 Å². The van der Waals surface area contributed by atoms with E-state index in [1.807, 2.05) is 30.5 Å². The van der Waals surface area contributed by atoms with E-state index < -0.39 is 0 Å². The van der Waals surface area contributed by atoms with Crippen LogP contribution < -0.4 is 10.6 Å². The molecule has 2 rings (SSSR count). The monoisotopic (exact) mass is 319 g/mol. The molecule has 4 heteroatoms. The lowest BCUT2D eigenvalue weighted by atomic mass is 10.1. The molecule has 120 valence electrons. The van der Waals surface area contributed by atoms with Crippen molar-refractivity contribution in [1.82, 2.24) is 10.3 Å². The summed E-state index contributed by atoms with van der Waals surface area (Å²) in [5.41, 5.74) is 2.07. The molecule has 0 saturated heterocycles. The summed E-state index contributed by atoms with van der Waals surface area (Å²) in [6, 6.07) is 8.33. The zero-order chi connectivity index (χ0) is 15.8. The van der Waals surface area contributed by atoms with E-state index in [1.165, 1.54) is 19.3 Å². The second-order valence-corrected chi connectivity index (χ2v) is 6.25. The largest absolute Gasteiger partial charge is 0.382 e. The third-order valence-electron chi connectivity index (χ3n) is 3.80. The second-order valence-electron chi connectivity index (χ2n) is 5.81. The van der Waals surface area contributed by atoms with Gasteiger partial charge in [-0.25, -0.2) is 0 Å². The normalized spacial score (nSPS) is 12.5. The van der Waals surface area contributed by atoms with Gasteiger partial charge in [0.25, 0.3) is 0 Å². The molecular weight excluding hydrogens is 294 g/mol. The van der Waals surface area contributed by atoms with Crippen molar-refractivity contribution in [2.24, 2.45) is 0 Å². The molecule has 2 aromatic rings. The van der Waals surface area contributed by atoms with Crippen molar-refractivity contribution in [3.63, 3.8) is 0 Å². The van der Waals surface area contributed by atoms with Crippen LogP contribution in [0.3, 0.4) is 0 Å². The summed E-state index contributed by atoms with van der Waals surface area (Å²) in [4.78, 5) is 4.38. The Labute approximate surface area is 138 Å². The Hall–Kier alpha value is -1.32. The Bertz CT molecular complexity index is 586. The number of anilines is 1. The number of hydrogen-bond acceptors (Lipinski definition) is 3. The van der Waals surface area contributed by atoms with Gasteiger partial charge in [0, 0.05) is 28.3 Å². The van der Waals surface area contributed by atoms with Crippen molar-refractivity contribution >= 4 is 28.2 Å². The zero-order valence-corrected chi connectivity index (χ0v) is 14.3. The first-order chi connectivity index (χ1) is 10.7. The number of rotatable bonds is 9. The predicted octanol–water partition coefficient (Wildman–Crippen LogP) is 4.86. The maximum atomic E-state index is 6.03. The molecule has 0 radical (unpaired) electrons. The Morgan fingerprint density at radius 2 is 2.00 bits per heavy atom. The third kappa shape index (κ3) is 5.15. The van der Waals surface area contributed by atoms with Crippen LogP contribution in [-0.4, -0.2) is 24.1 Å². The van der Waals surface area contributed by atoms with Crippen LogP contribution in [0.2, 0.25) is 5.02 Å². The molecule has 1 aromatic carbocycles. The standard InChI is InChI=1S/C18H26ClN3/c1-3-4-10-20-11-5-6-14(2)22-17-9-12-21-18-13-15(19)7-8-16(17)18/h7-9,12-14,20H,3-6,10-11H2,1-2H3,(H,21,22). The summed E-state index contributed by atoms with van der Waals surface area (Å²) in [6.45, 7) is 6.68. The molecule has 0 fully saturated rings. The summed E-state index contributed by atoms with van der Waals surface area (Å²) in [7, 11) is 0. The lowest BCUT2D eigenvalue weighted by Gasteiger charge is -2.17. The Kier molecular flexibility index (Phi) is 6.94. The summed E-state index contributed by atoms with van der Waals surface area (Å²) < 4.78 is 0. The van der Waals surface area contributed by atoms with Crippen LogP contribution in [0.4, 0.5) is 5.69 Å². The summed E-state index contributed by atoms with van der Waals surface area (Å²) in [5.74, 6) is 0. The average molecular weight is 320 g/mol. The number of aromatic nitrogens is 1. The Morgan fingerprint density at radius 1 is 1.18 bits per heavy atom. The van der Waals surface area contributed by atoms with Gasteiger partial charge in [0.15, 0.2) is 0 Å². The van der Waals surface area contributed by atoms with Crippen molar-refractivity contribution in [2.45, 2.75) is 45.6 Å². The van der Waals surface area contributed by atoms with Crippen LogP contribution in [0.5, 0.6) is 0 Å². The highest BCUT2D eigenvalue weighted by Gasteiger charge is 2.06. The van der Waals surface area contributed by atoms with Gasteiger partial charge < -0.3 is 10.6 Å². The maximum Gasteiger partial charge on any atom is 0.0737 e. The van der Waals surface area contributed by atoms with E-state index in [-0.39, 0.29) is 0 Å². The van der Waals surface area contributed by atoms with Crippen LogP contribution in [0, 0.1) is 0 Å². The number of fused-ring (bicyclic) bond motifs is 1. The topological polar surface area (TPSA) is 37.0 Å². The molecule has 1 heterocycles. The van der Waals surface area contributed by atoms with Gasteiger partial charge in [0.05, 0.1) is 5.52 Å². The number of pyridine rings is 1. The minimum atomic E-state index is 0.439. The zero-order valence-electron chi connectivity index (χ0n) is 13.5. The van der Waals surface area contributed by atoms with Crippen LogP contribution in [0.15, 0.2) is 30.5 Å². The second kappa shape index (κ2) is 8.96. The molecule has 0 spiro atoms. The van der Waals surface area contributed by atoms with Crippen LogP contribution >= 0.6 is 11.6 Å². The molecule has 2 N–H and O–H groups in total. The first-order valence-corrected chi connectivity index (χ1v) is 8.60. The van der Waals surface area contributed by atoms with Gasteiger partial charge in [-0.15, -0.1) is 0 Å². The molecule has 22 heavy (non-hydrogen) atoms. The maximum absolute atomic E-state index is 6.03. The molecule has 1 unspecified atom stereocenters. The van der Waals surface area contributed by atoms with Crippen molar-refractivity contribution in [3.05, 3.63) is 35.5 Å². The third-order valence-corrected chi connectivity index (χ3v) is 4.04. The first-order valence-electron chi connectivity index (χ1n) is 8.22. The van der Waals surface area contributed by atoms with Crippen LogP contribution in [0.25, 0.3) is 10.9 Å². The van der Waals surface area contributed by atoms with Crippen LogP contribution in [-0.2, 0) is 0 Å². The molecule has 1 aromatic heterocycles. The molecule has 0 aliphatic heterocycles. The smallest absolute Gasteiger partial charge is 0.0737 e. The van der Waals surface area contributed by atoms with Crippen molar-refractivity contribution in [3.8, 4) is 0 Å². The minimum Gasteiger partial charge on any atom is -0.382 e. The molecular formula is C18H26ClN3. The molecule has 0 aliphatic carbocycles. The van der Waals surface area contributed by atoms with Crippen molar-refractivity contribution in [2.75, 3.05) is 18.4 Å². The summed E-state index contributed by atoms with van der Waals surface area (Å²) >= 11 is 6.03. The number of nitrogens with zero attached hydrogens (tertiary/aromatic N) is 1. The molecule has 0 aliphatic rings. The fourth-order valence-corrected chi connectivity index (χ4v) is 2.71. The van der Waals surface area contributed by atoms with E-state index in [0.717, 1.165) is 41.1 Å². The number of benzene rings is 1. The molecule has 0 amide bonds. The number of hydrogen-bond donors (Lipinski definition) is 2. The first kappa shape index (κ1) is 17.0. The quantitative estimate of drug-likeness (QED) is 0.648.